The van der Waals surface area contributed by atoms with E-state index in [-0.39, 0.29) is 0 Å². The zero-order chi connectivity index (χ0) is 19.5. The molecule has 3 heterocycles. The SMILES string of the molecule is COCc1nc(C2CC(N)C2)cc(N2CCC(CN3CCN(C)CC3)CC2)n1. The number of likely N-dealkylation sites (N-methyl/N-ethyl adjacent to an activating group) is 1. The minimum absolute atomic E-state index is 0.333. The number of hydrogen-bond donors (Lipinski definition) is 1. The van der Waals surface area contributed by atoms with Crippen LogP contribution in [0.1, 0.15) is 43.1 Å². The van der Waals surface area contributed by atoms with Gasteiger partial charge < -0.3 is 25.2 Å². The number of ether oxygens (including phenoxy) is 1. The molecule has 4 rings (SSSR count). The fourth-order valence-corrected chi connectivity index (χ4v) is 4.71. The summed E-state index contributed by atoms with van der Waals surface area (Å²) in [5.74, 6) is 3.18. The second-order valence-electron chi connectivity index (χ2n) is 8.96. The van der Waals surface area contributed by atoms with Crippen molar-refractivity contribution in [2.45, 2.75) is 44.2 Å². The molecule has 1 aromatic heterocycles. The molecule has 2 N–H and O–H groups in total. The molecule has 0 bridgehead atoms. The number of hydrogen-bond acceptors (Lipinski definition) is 7. The van der Waals surface area contributed by atoms with Crippen molar-refractivity contribution in [3.8, 4) is 0 Å². The summed E-state index contributed by atoms with van der Waals surface area (Å²) >= 11 is 0. The van der Waals surface area contributed by atoms with Crippen LogP contribution < -0.4 is 10.6 Å². The number of anilines is 1. The molecule has 1 aromatic rings. The van der Waals surface area contributed by atoms with E-state index in [4.69, 9.17) is 20.4 Å². The molecule has 2 aliphatic heterocycles. The molecular weight excluding hydrogens is 352 g/mol. The van der Waals surface area contributed by atoms with Gasteiger partial charge in [0.25, 0.3) is 0 Å². The Kier molecular flexibility index (Phi) is 6.45. The number of methoxy groups -OCH3 is 1. The van der Waals surface area contributed by atoms with Crippen LogP contribution in [0.15, 0.2) is 6.07 Å². The fraction of sp³-hybridized carbons (Fsp3) is 0.810. The topological polar surface area (TPSA) is 70.8 Å². The predicted molar refractivity (Wildman–Crippen MR) is 112 cm³/mol. The molecule has 156 valence electrons. The van der Waals surface area contributed by atoms with Gasteiger partial charge in [-0.05, 0) is 38.6 Å². The second-order valence-corrected chi connectivity index (χ2v) is 8.96. The lowest BCUT2D eigenvalue weighted by Gasteiger charge is -2.38. The Bertz CT molecular complexity index is 634. The molecule has 1 saturated carbocycles. The Morgan fingerprint density at radius 3 is 2.43 bits per heavy atom. The summed E-state index contributed by atoms with van der Waals surface area (Å²) in [5.41, 5.74) is 7.15. The maximum Gasteiger partial charge on any atom is 0.156 e. The van der Waals surface area contributed by atoms with E-state index >= 15 is 0 Å². The zero-order valence-corrected chi connectivity index (χ0v) is 17.5. The monoisotopic (exact) mass is 388 g/mol. The van der Waals surface area contributed by atoms with Crippen LogP contribution in [0, 0.1) is 5.92 Å². The summed E-state index contributed by atoms with van der Waals surface area (Å²) in [6.07, 6.45) is 4.57. The second kappa shape index (κ2) is 9.03. The molecule has 2 saturated heterocycles. The quantitative estimate of drug-likeness (QED) is 0.787. The maximum absolute atomic E-state index is 6.00. The first-order valence-electron chi connectivity index (χ1n) is 10.9. The van der Waals surface area contributed by atoms with Crippen molar-refractivity contribution in [3.05, 3.63) is 17.6 Å². The van der Waals surface area contributed by atoms with Gasteiger partial charge >= 0.3 is 0 Å². The van der Waals surface area contributed by atoms with Crippen molar-refractivity contribution >= 4 is 5.82 Å². The number of nitrogens with zero attached hydrogens (tertiary/aromatic N) is 5. The van der Waals surface area contributed by atoms with E-state index in [2.05, 4.69) is 27.8 Å². The van der Waals surface area contributed by atoms with Crippen molar-refractivity contribution in [1.82, 2.24) is 19.8 Å². The van der Waals surface area contributed by atoms with Crippen LogP contribution in [0.4, 0.5) is 5.82 Å². The van der Waals surface area contributed by atoms with Gasteiger partial charge in [-0.15, -0.1) is 0 Å². The van der Waals surface area contributed by atoms with E-state index in [0.717, 1.165) is 49.2 Å². The third-order valence-corrected chi connectivity index (χ3v) is 6.70. The van der Waals surface area contributed by atoms with Crippen molar-refractivity contribution in [2.24, 2.45) is 11.7 Å². The molecule has 7 heteroatoms. The normalized spacial score (nSPS) is 27.8. The standard InChI is InChI=1S/C21H36N6O/c1-25-7-9-26(10-8-25)14-16-3-5-27(6-4-16)21-13-19(17-11-18(22)12-17)23-20(24-21)15-28-2/h13,16-18H,3-12,14-15,22H2,1-2H3. The smallest absolute Gasteiger partial charge is 0.156 e. The number of piperidine rings is 1. The highest BCUT2D eigenvalue weighted by Gasteiger charge is 2.30. The van der Waals surface area contributed by atoms with Crippen LogP contribution in [0.2, 0.25) is 0 Å². The van der Waals surface area contributed by atoms with E-state index in [0.29, 0.717) is 18.6 Å². The van der Waals surface area contributed by atoms with Crippen LogP contribution in [0.25, 0.3) is 0 Å². The minimum Gasteiger partial charge on any atom is -0.377 e. The van der Waals surface area contributed by atoms with Gasteiger partial charge in [0.1, 0.15) is 12.4 Å². The molecule has 0 atom stereocenters. The average molecular weight is 389 g/mol. The molecular formula is C21H36N6O. The van der Waals surface area contributed by atoms with E-state index in [1.807, 2.05) is 0 Å². The van der Waals surface area contributed by atoms with Crippen LogP contribution in [-0.4, -0.2) is 85.8 Å². The Morgan fingerprint density at radius 1 is 1.07 bits per heavy atom. The lowest BCUT2D eigenvalue weighted by Crippen LogP contribution is -2.47. The molecule has 28 heavy (non-hydrogen) atoms. The average Bonchev–Trinajstić information content (AvgIpc) is 2.68. The molecule has 0 aromatic carbocycles. The molecule has 7 nitrogen and oxygen atoms in total. The van der Waals surface area contributed by atoms with Crippen LogP contribution in [0.3, 0.4) is 0 Å². The van der Waals surface area contributed by atoms with Crippen molar-refractivity contribution in [1.29, 1.82) is 0 Å². The van der Waals surface area contributed by atoms with Gasteiger partial charge in [0.15, 0.2) is 5.82 Å². The predicted octanol–water partition coefficient (Wildman–Crippen LogP) is 1.29. The van der Waals surface area contributed by atoms with Crippen LogP contribution >= 0.6 is 0 Å². The van der Waals surface area contributed by atoms with Gasteiger partial charge in [-0.1, -0.05) is 0 Å². The van der Waals surface area contributed by atoms with E-state index < -0.39 is 0 Å². The molecule has 3 fully saturated rings. The first-order chi connectivity index (χ1) is 13.6. The third kappa shape index (κ3) is 4.82. The number of aromatic nitrogens is 2. The van der Waals surface area contributed by atoms with Gasteiger partial charge in [0, 0.05) is 76.6 Å². The third-order valence-electron chi connectivity index (χ3n) is 6.70. The zero-order valence-electron chi connectivity index (χ0n) is 17.5. The first kappa shape index (κ1) is 20.0. The lowest BCUT2D eigenvalue weighted by molar-refractivity contribution is 0.129. The number of nitrogens with two attached hydrogens (primary N) is 1. The maximum atomic E-state index is 6.00. The number of piperazine rings is 1. The highest BCUT2D eigenvalue weighted by Crippen LogP contribution is 2.36. The number of rotatable bonds is 6. The van der Waals surface area contributed by atoms with Crippen molar-refractivity contribution < 1.29 is 4.74 Å². The first-order valence-corrected chi connectivity index (χ1v) is 10.9. The largest absolute Gasteiger partial charge is 0.377 e. The summed E-state index contributed by atoms with van der Waals surface area (Å²) in [7, 11) is 3.93. The Hall–Kier alpha value is -1.28. The Balaban J connectivity index is 1.35. The van der Waals surface area contributed by atoms with Crippen molar-refractivity contribution in [3.63, 3.8) is 0 Å². The van der Waals surface area contributed by atoms with Gasteiger partial charge in [0.2, 0.25) is 0 Å². The Labute approximate surface area is 169 Å². The summed E-state index contributed by atoms with van der Waals surface area (Å²) < 4.78 is 5.31. The Morgan fingerprint density at radius 2 is 1.79 bits per heavy atom. The van der Waals surface area contributed by atoms with Gasteiger partial charge in [0.05, 0.1) is 0 Å². The highest BCUT2D eigenvalue weighted by molar-refractivity contribution is 5.41. The summed E-state index contributed by atoms with van der Waals surface area (Å²) in [6, 6.07) is 2.54. The van der Waals surface area contributed by atoms with E-state index in [1.165, 1.54) is 45.6 Å². The van der Waals surface area contributed by atoms with E-state index in [9.17, 15) is 0 Å². The van der Waals surface area contributed by atoms with Crippen LogP contribution in [-0.2, 0) is 11.3 Å². The summed E-state index contributed by atoms with van der Waals surface area (Å²) in [4.78, 5) is 17.1. The van der Waals surface area contributed by atoms with E-state index in [1.54, 1.807) is 7.11 Å². The van der Waals surface area contributed by atoms with Gasteiger partial charge in [-0.2, -0.15) is 0 Å². The van der Waals surface area contributed by atoms with Crippen molar-refractivity contribution in [2.75, 3.05) is 64.9 Å². The summed E-state index contributed by atoms with van der Waals surface area (Å²) in [6.45, 7) is 8.75. The fourth-order valence-electron chi connectivity index (χ4n) is 4.71. The van der Waals surface area contributed by atoms with Crippen LogP contribution in [0.5, 0.6) is 0 Å². The molecule has 0 unspecified atom stereocenters. The molecule has 1 aliphatic carbocycles. The lowest BCUT2D eigenvalue weighted by atomic mass is 9.78. The molecule has 0 radical (unpaired) electrons. The minimum atomic E-state index is 0.333. The molecule has 0 amide bonds. The molecule has 0 spiro atoms. The summed E-state index contributed by atoms with van der Waals surface area (Å²) in [5, 5.41) is 0. The molecule has 3 aliphatic rings. The highest BCUT2D eigenvalue weighted by atomic mass is 16.5. The van der Waals surface area contributed by atoms with Gasteiger partial charge in [-0.3, -0.25) is 0 Å². The van der Waals surface area contributed by atoms with Gasteiger partial charge in [-0.25, -0.2) is 9.97 Å².